The van der Waals surface area contributed by atoms with Gasteiger partial charge in [-0.05, 0) is 49.3 Å². The van der Waals surface area contributed by atoms with Crippen LogP contribution in [0.15, 0.2) is 18.2 Å². The highest BCUT2D eigenvalue weighted by molar-refractivity contribution is 5.79. The van der Waals surface area contributed by atoms with E-state index in [0.29, 0.717) is 51.6 Å². The van der Waals surface area contributed by atoms with Gasteiger partial charge in [0.05, 0.1) is 19.8 Å². The number of halogens is 1. The van der Waals surface area contributed by atoms with E-state index in [-0.39, 0.29) is 23.7 Å². The molecule has 2 heterocycles. The van der Waals surface area contributed by atoms with E-state index in [9.17, 15) is 14.0 Å². The summed E-state index contributed by atoms with van der Waals surface area (Å²) in [5.74, 6) is 0.765. The molecule has 1 saturated carbocycles. The molecule has 2 saturated heterocycles. The Labute approximate surface area is 189 Å². The number of carbonyl (C=O) groups is 2. The van der Waals surface area contributed by atoms with Crippen LogP contribution in [0.2, 0.25) is 0 Å². The summed E-state index contributed by atoms with van der Waals surface area (Å²) in [5.41, 5.74) is 0.901. The second kappa shape index (κ2) is 10.6. The Bertz CT molecular complexity index is 816. The van der Waals surface area contributed by atoms with Crippen molar-refractivity contribution < 1.29 is 23.5 Å². The van der Waals surface area contributed by atoms with Gasteiger partial charge < -0.3 is 19.3 Å². The maximum Gasteiger partial charge on any atom is 0.236 e. The van der Waals surface area contributed by atoms with E-state index in [0.717, 1.165) is 31.6 Å². The van der Waals surface area contributed by atoms with Gasteiger partial charge in [0.25, 0.3) is 0 Å². The fourth-order valence-electron chi connectivity index (χ4n) is 4.50. The van der Waals surface area contributed by atoms with Crippen LogP contribution >= 0.6 is 0 Å². The average Bonchev–Trinajstić information content (AvgIpc) is 3.54. The fraction of sp³-hybridized carbons (Fsp3) is 0.667. The first-order valence-corrected chi connectivity index (χ1v) is 11.7. The minimum Gasteiger partial charge on any atom is -0.494 e. The van der Waals surface area contributed by atoms with Crippen molar-refractivity contribution in [2.75, 3.05) is 53.0 Å². The monoisotopic (exact) mass is 447 g/mol. The van der Waals surface area contributed by atoms with Gasteiger partial charge in [-0.15, -0.1) is 0 Å². The summed E-state index contributed by atoms with van der Waals surface area (Å²) in [6.07, 6.45) is 4.74. The molecule has 1 aliphatic carbocycles. The lowest BCUT2D eigenvalue weighted by Crippen LogP contribution is -2.40. The molecule has 4 rings (SSSR count). The van der Waals surface area contributed by atoms with E-state index in [4.69, 9.17) is 9.47 Å². The third-order valence-electron chi connectivity index (χ3n) is 6.51. The van der Waals surface area contributed by atoms with Crippen LogP contribution in [0.5, 0.6) is 5.75 Å². The van der Waals surface area contributed by atoms with Gasteiger partial charge >= 0.3 is 0 Å². The first kappa shape index (κ1) is 23.0. The van der Waals surface area contributed by atoms with Crippen LogP contribution in [-0.2, 0) is 20.9 Å². The van der Waals surface area contributed by atoms with Crippen LogP contribution in [0, 0.1) is 11.7 Å². The highest BCUT2D eigenvalue weighted by atomic mass is 19.1. The van der Waals surface area contributed by atoms with Crippen molar-refractivity contribution >= 4 is 11.8 Å². The summed E-state index contributed by atoms with van der Waals surface area (Å²) >= 11 is 0. The standard InChI is InChI=1S/C24H34FN3O4/c1-31-22-12-19(7-8-21(22)25)13-26-14-20(32-17-18-5-6-18)15-28(24(30)16-26)11-3-10-27-9-2-4-23(27)29/h7-8,12,18,20H,2-6,9-11,13-17H2,1H3. The maximum absolute atomic E-state index is 13.8. The van der Waals surface area contributed by atoms with Gasteiger partial charge in [0, 0.05) is 52.3 Å². The number of amides is 2. The van der Waals surface area contributed by atoms with Gasteiger partial charge in [0.1, 0.15) is 0 Å². The van der Waals surface area contributed by atoms with Crippen molar-refractivity contribution in [3.63, 3.8) is 0 Å². The summed E-state index contributed by atoms with van der Waals surface area (Å²) in [6.45, 7) is 4.96. The molecule has 3 aliphatic rings. The number of benzene rings is 1. The van der Waals surface area contributed by atoms with Crippen molar-refractivity contribution in [1.29, 1.82) is 0 Å². The summed E-state index contributed by atoms with van der Waals surface area (Å²) in [5, 5.41) is 0. The van der Waals surface area contributed by atoms with Gasteiger partial charge in [-0.2, -0.15) is 0 Å². The molecule has 1 aromatic rings. The zero-order valence-electron chi connectivity index (χ0n) is 18.9. The third-order valence-corrected chi connectivity index (χ3v) is 6.51. The third kappa shape index (κ3) is 6.19. The van der Waals surface area contributed by atoms with Crippen molar-refractivity contribution in [2.24, 2.45) is 5.92 Å². The molecule has 8 heteroatoms. The zero-order chi connectivity index (χ0) is 22.5. The van der Waals surface area contributed by atoms with E-state index in [2.05, 4.69) is 4.90 Å². The summed E-state index contributed by atoms with van der Waals surface area (Å²) < 4.78 is 25.1. The SMILES string of the molecule is COc1cc(CN2CC(=O)N(CCCN3CCCC3=O)CC(OCC3CC3)C2)ccc1F. The lowest BCUT2D eigenvalue weighted by molar-refractivity contribution is -0.132. The Morgan fingerprint density at radius 1 is 1.09 bits per heavy atom. The predicted molar refractivity (Wildman–Crippen MR) is 118 cm³/mol. The number of carbonyl (C=O) groups excluding carboxylic acids is 2. The number of likely N-dealkylation sites (tertiary alicyclic amines) is 1. The van der Waals surface area contributed by atoms with E-state index < -0.39 is 5.82 Å². The Balaban J connectivity index is 1.37. The Morgan fingerprint density at radius 2 is 1.91 bits per heavy atom. The van der Waals surface area contributed by atoms with Crippen molar-refractivity contribution in [3.05, 3.63) is 29.6 Å². The minimum atomic E-state index is -0.392. The van der Waals surface area contributed by atoms with Gasteiger partial charge in [0.2, 0.25) is 11.8 Å². The smallest absolute Gasteiger partial charge is 0.236 e. The zero-order valence-corrected chi connectivity index (χ0v) is 18.9. The van der Waals surface area contributed by atoms with Gasteiger partial charge in [-0.25, -0.2) is 4.39 Å². The Kier molecular flexibility index (Phi) is 7.63. The molecule has 0 bridgehead atoms. The molecule has 1 atom stereocenters. The first-order valence-electron chi connectivity index (χ1n) is 11.7. The molecule has 1 aromatic carbocycles. The molecule has 32 heavy (non-hydrogen) atoms. The maximum atomic E-state index is 13.8. The molecular weight excluding hydrogens is 413 g/mol. The molecule has 2 aliphatic heterocycles. The van der Waals surface area contributed by atoms with Gasteiger partial charge in [0.15, 0.2) is 11.6 Å². The predicted octanol–water partition coefficient (Wildman–Crippen LogP) is 2.29. The average molecular weight is 448 g/mol. The van der Waals surface area contributed by atoms with Crippen LogP contribution in [0.3, 0.4) is 0 Å². The summed E-state index contributed by atoms with van der Waals surface area (Å²) in [7, 11) is 1.45. The van der Waals surface area contributed by atoms with Crippen molar-refractivity contribution in [1.82, 2.24) is 14.7 Å². The van der Waals surface area contributed by atoms with E-state index in [1.807, 2.05) is 9.80 Å². The lowest BCUT2D eigenvalue weighted by Gasteiger charge is -2.25. The fourth-order valence-corrected chi connectivity index (χ4v) is 4.50. The second-order valence-electron chi connectivity index (χ2n) is 9.21. The Hall–Kier alpha value is -2.19. The number of rotatable bonds is 10. The van der Waals surface area contributed by atoms with E-state index >= 15 is 0 Å². The normalized spacial score (nSPS) is 22.5. The molecule has 7 nitrogen and oxygen atoms in total. The quantitative estimate of drug-likeness (QED) is 0.551. The van der Waals surface area contributed by atoms with Crippen LogP contribution < -0.4 is 4.74 Å². The number of methoxy groups -OCH3 is 1. The van der Waals surface area contributed by atoms with Crippen LogP contribution in [0.1, 0.15) is 37.7 Å². The minimum absolute atomic E-state index is 0.0576. The second-order valence-corrected chi connectivity index (χ2v) is 9.21. The highest BCUT2D eigenvalue weighted by Gasteiger charge is 2.31. The summed E-state index contributed by atoms with van der Waals surface area (Å²) in [6, 6.07) is 4.83. The number of hydrogen-bond donors (Lipinski definition) is 0. The highest BCUT2D eigenvalue weighted by Crippen LogP contribution is 2.29. The molecule has 176 valence electrons. The topological polar surface area (TPSA) is 62.3 Å². The number of hydrogen-bond acceptors (Lipinski definition) is 5. The largest absolute Gasteiger partial charge is 0.494 e. The number of ether oxygens (including phenoxy) is 2. The van der Waals surface area contributed by atoms with Crippen LogP contribution in [0.4, 0.5) is 4.39 Å². The molecule has 1 unspecified atom stereocenters. The lowest BCUT2D eigenvalue weighted by atomic mass is 10.2. The van der Waals surface area contributed by atoms with E-state index in [1.165, 1.54) is 26.0 Å². The van der Waals surface area contributed by atoms with E-state index in [1.54, 1.807) is 12.1 Å². The van der Waals surface area contributed by atoms with Crippen LogP contribution in [-0.4, -0.2) is 85.6 Å². The van der Waals surface area contributed by atoms with Crippen LogP contribution in [0.25, 0.3) is 0 Å². The molecule has 3 fully saturated rings. The molecule has 0 N–H and O–H groups in total. The first-order chi connectivity index (χ1) is 15.5. The molecule has 0 spiro atoms. The summed E-state index contributed by atoms with van der Waals surface area (Å²) in [4.78, 5) is 30.8. The molecule has 0 radical (unpaired) electrons. The molecule has 2 amide bonds. The van der Waals surface area contributed by atoms with Gasteiger partial charge in [-0.3, -0.25) is 14.5 Å². The van der Waals surface area contributed by atoms with Crippen molar-refractivity contribution in [2.45, 2.75) is 44.8 Å². The number of nitrogens with zero attached hydrogens (tertiary/aromatic N) is 3. The van der Waals surface area contributed by atoms with Crippen molar-refractivity contribution in [3.8, 4) is 5.75 Å². The molecular formula is C24H34FN3O4. The molecule has 0 aromatic heterocycles. The Morgan fingerprint density at radius 3 is 2.62 bits per heavy atom. The van der Waals surface area contributed by atoms with Gasteiger partial charge in [-0.1, -0.05) is 6.07 Å².